The van der Waals surface area contributed by atoms with Gasteiger partial charge < -0.3 is 18.8 Å². The van der Waals surface area contributed by atoms with Gasteiger partial charge in [-0.25, -0.2) is 0 Å². The van der Waals surface area contributed by atoms with Gasteiger partial charge in [0.2, 0.25) is 0 Å². The summed E-state index contributed by atoms with van der Waals surface area (Å²) >= 11 is 12.3. The number of halogens is 2. The first-order chi connectivity index (χ1) is 37.6. The average Bonchev–Trinajstić information content (AvgIpc) is 4.38. The Morgan fingerprint density at radius 2 is 0.654 bits per heavy atom. The molecule has 2 radical (unpaired) electrons. The Bertz CT molecular complexity index is 3620. The van der Waals surface area contributed by atoms with Crippen LogP contribution in [0.15, 0.2) is 265 Å². The normalized spacial score (nSPS) is 9.97. The monoisotopic (exact) mass is 1410 g/mol. The van der Waals surface area contributed by atoms with Crippen molar-refractivity contribution in [2.45, 2.75) is 0 Å². The van der Waals surface area contributed by atoms with Crippen molar-refractivity contribution in [2.24, 2.45) is 0 Å². The Balaban J connectivity index is 0.000000136. The molecule has 8 aromatic heterocycles. The van der Waals surface area contributed by atoms with Gasteiger partial charge in [0.1, 0.15) is 11.8 Å². The molecule has 6 aromatic carbocycles. The number of nitrogens with zero attached hydrogens (tertiary/aromatic N) is 8. The maximum atomic E-state index is 6.17. The van der Waals surface area contributed by atoms with Gasteiger partial charge in [-0.05, 0) is 72.1 Å². The molecule has 0 aliphatic heterocycles. The summed E-state index contributed by atoms with van der Waals surface area (Å²) in [5.74, 6) is 1.23. The summed E-state index contributed by atoms with van der Waals surface area (Å²) in [4.78, 5) is 33.7. The smallest absolute Gasteiger partial charge is 0.140 e. The second-order valence-corrected chi connectivity index (χ2v) is 16.7. The van der Waals surface area contributed by atoms with E-state index in [0.29, 0.717) is 11.8 Å². The third-order valence-electron chi connectivity index (χ3n) is 10.9. The van der Waals surface area contributed by atoms with Crippen molar-refractivity contribution in [2.75, 3.05) is 0 Å². The molecular weight excluding hydrogens is 1370 g/mol. The molecule has 0 spiro atoms. The van der Waals surface area contributed by atoms with Gasteiger partial charge in [0, 0.05) is 98.9 Å². The molecule has 78 heavy (non-hydrogen) atoms. The van der Waals surface area contributed by atoms with E-state index >= 15 is 0 Å². The molecule has 0 aliphatic rings. The number of hydrogen-bond donors (Lipinski definition) is 0. The number of pyridine rings is 6. The zero-order valence-electron chi connectivity index (χ0n) is 41.1. The van der Waals surface area contributed by atoms with Gasteiger partial charge >= 0.3 is 0 Å². The van der Waals surface area contributed by atoms with Gasteiger partial charge in [0.25, 0.3) is 0 Å². The van der Waals surface area contributed by atoms with E-state index in [1.807, 2.05) is 194 Å². The van der Waals surface area contributed by atoms with E-state index in [1.165, 1.54) is 0 Å². The summed E-state index contributed by atoms with van der Waals surface area (Å²) in [6.45, 7) is 0. The first-order valence-corrected chi connectivity index (χ1v) is 24.4. The number of fused-ring (bicyclic) bond motifs is 6. The van der Waals surface area contributed by atoms with E-state index in [2.05, 4.69) is 64.1 Å². The number of oxazole rings is 2. The third kappa shape index (κ3) is 15.8. The standard InChI is InChI=1S/2C12H7ClN2.2C11H8N.2C9H6NO.2Ir/c2*13-10-7-8-3-1-5-14-11(8)12-9(10)4-2-6-15-12;2*1-2-6-10(7-3-1)11-8-4-5-9-12-11;2*1-2-4-8(5-3-1)9-10-6-7-11-9;;/h2*1-7H;2*1-6,8-9H;2*1-4,6-7H;;/q;;4*-1;;. The summed E-state index contributed by atoms with van der Waals surface area (Å²) in [7, 11) is 0. The van der Waals surface area contributed by atoms with Gasteiger partial charge in [0.15, 0.2) is 0 Å². The topological polar surface area (TPSA) is 129 Å². The predicted molar refractivity (Wildman–Crippen MR) is 303 cm³/mol. The molecule has 0 saturated heterocycles. The summed E-state index contributed by atoms with van der Waals surface area (Å²) in [6, 6.07) is 74.1. The maximum Gasteiger partial charge on any atom is 0.140 e. The Kier molecular flexibility index (Phi) is 22.3. The summed E-state index contributed by atoms with van der Waals surface area (Å²) in [5.41, 5.74) is 9.32. The first-order valence-electron chi connectivity index (χ1n) is 23.6. The van der Waals surface area contributed by atoms with E-state index in [-0.39, 0.29) is 40.2 Å². The molecule has 0 atom stereocenters. The number of benzene rings is 6. The molecule has 386 valence electrons. The molecule has 10 nitrogen and oxygen atoms in total. The largest absolute Gasteiger partial charge is 0.489 e. The molecule has 14 aromatic rings. The quantitative estimate of drug-likeness (QED) is 0.124. The minimum atomic E-state index is 0. The SMILES string of the molecule is Clc1cc2cccnc2c2ncccc12.Clc1cc2cccnc2c2ncccc12.[Ir].[Ir].[c-]1ccccc1-c1ccccn1.[c-]1ccccc1-c1ccccn1.[c-]1ccccc1-c1ncco1.[c-]1ccccc1-c1ncco1. The van der Waals surface area contributed by atoms with Crippen LogP contribution in [0.25, 0.3) is 89.0 Å². The van der Waals surface area contributed by atoms with Crippen molar-refractivity contribution in [3.8, 4) is 45.4 Å². The van der Waals surface area contributed by atoms with Crippen LogP contribution in [0.4, 0.5) is 0 Å². The van der Waals surface area contributed by atoms with Crippen LogP contribution in [-0.4, -0.2) is 39.9 Å². The van der Waals surface area contributed by atoms with Crippen molar-refractivity contribution < 1.29 is 49.0 Å². The predicted octanol–water partition coefficient (Wildman–Crippen LogP) is 16.2. The van der Waals surface area contributed by atoms with Gasteiger partial charge in [-0.3, -0.25) is 29.9 Å². The molecular formula is C64H42Cl2Ir2N8O2-4. The molecule has 0 unspecified atom stereocenters. The first kappa shape index (κ1) is 57.3. The van der Waals surface area contributed by atoms with E-state index < -0.39 is 0 Å². The third-order valence-corrected chi connectivity index (χ3v) is 11.5. The average molecular weight is 1410 g/mol. The summed E-state index contributed by atoms with van der Waals surface area (Å²) in [6.07, 6.45) is 17.0. The molecule has 0 amide bonds. The minimum Gasteiger partial charge on any atom is -0.489 e. The van der Waals surface area contributed by atoms with E-state index in [0.717, 1.165) is 87.3 Å². The fraction of sp³-hybridized carbons (Fsp3) is 0. The van der Waals surface area contributed by atoms with Crippen LogP contribution in [0, 0.1) is 24.3 Å². The zero-order valence-corrected chi connectivity index (χ0v) is 47.4. The molecule has 14 rings (SSSR count). The van der Waals surface area contributed by atoms with Crippen LogP contribution in [0.3, 0.4) is 0 Å². The van der Waals surface area contributed by atoms with Crippen LogP contribution >= 0.6 is 23.2 Å². The Labute approximate surface area is 488 Å². The van der Waals surface area contributed by atoms with Crippen LogP contribution in [0.1, 0.15) is 0 Å². The molecule has 0 aliphatic carbocycles. The number of aromatic nitrogens is 8. The van der Waals surface area contributed by atoms with Crippen LogP contribution in [-0.2, 0) is 40.2 Å². The summed E-state index contributed by atoms with van der Waals surface area (Å²) in [5, 5.41) is 5.38. The Hall–Kier alpha value is -8.44. The van der Waals surface area contributed by atoms with Crippen LogP contribution in [0.2, 0.25) is 10.0 Å². The van der Waals surface area contributed by atoms with E-state index in [1.54, 1.807) is 62.1 Å². The minimum absolute atomic E-state index is 0. The molecule has 0 saturated carbocycles. The van der Waals surface area contributed by atoms with E-state index in [9.17, 15) is 0 Å². The fourth-order valence-electron chi connectivity index (χ4n) is 7.38. The zero-order chi connectivity index (χ0) is 52.0. The second kappa shape index (κ2) is 30.3. The van der Waals surface area contributed by atoms with E-state index in [4.69, 9.17) is 32.0 Å². The molecule has 0 N–H and O–H groups in total. The van der Waals surface area contributed by atoms with Crippen LogP contribution < -0.4 is 0 Å². The van der Waals surface area contributed by atoms with Gasteiger partial charge in [-0.1, -0.05) is 70.7 Å². The van der Waals surface area contributed by atoms with Crippen molar-refractivity contribution in [3.05, 3.63) is 291 Å². The van der Waals surface area contributed by atoms with Crippen LogP contribution in [0.5, 0.6) is 0 Å². The molecule has 14 heteroatoms. The van der Waals surface area contributed by atoms with Crippen molar-refractivity contribution in [1.29, 1.82) is 0 Å². The Morgan fingerprint density at radius 3 is 0.987 bits per heavy atom. The van der Waals surface area contributed by atoms with Gasteiger partial charge in [-0.2, -0.15) is 0 Å². The van der Waals surface area contributed by atoms with Crippen molar-refractivity contribution in [1.82, 2.24) is 39.9 Å². The van der Waals surface area contributed by atoms with Gasteiger partial charge in [-0.15, -0.1) is 132 Å². The van der Waals surface area contributed by atoms with Gasteiger partial charge in [0.05, 0.1) is 57.0 Å². The molecule has 8 heterocycles. The Morgan fingerprint density at radius 1 is 0.308 bits per heavy atom. The maximum absolute atomic E-state index is 6.17. The number of rotatable bonds is 4. The second-order valence-electron chi connectivity index (χ2n) is 15.9. The number of hydrogen-bond acceptors (Lipinski definition) is 10. The molecule has 0 fully saturated rings. The fourth-order valence-corrected chi connectivity index (χ4v) is 7.92. The molecule has 0 bridgehead atoms. The van der Waals surface area contributed by atoms with Crippen molar-refractivity contribution >= 4 is 66.8 Å². The summed E-state index contributed by atoms with van der Waals surface area (Å²) < 4.78 is 10.2. The van der Waals surface area contributed by atoms with Crippen molar-refractivity contribution in [3.63, 3.8) is 0 Å².